The van der Waals surface area contributed by atoms with E-state index in [1.807, 2.05) is 0 Å². The zero-order valence-corrected chi connectivity index (χ0v) is 12.4. The van der Waals surface area contributed by atoms with Crippen molar-refractivity contribution in [3.05, 3.63) is 28.8 Å². The van der Waals surface area contributed by atoms with Gasteiger partial charge in [0.05, 0.1) is 28.8 Å². The lowest BCUT2D eigenvalue weighted by Crippen LogP contribution is -2.32. The molecule has 0 aromatic heterocycles. The minimum absolute atomic E-state index is 0.174. The van der Waals surface area contributed by atoms with Gasteiger partial charge in [0.25, 0.3) is 0 Å². The van der Waals surface area contributed by atoms with Crippen molar-refractivity contribution in [2.24, 2.45) is 5.41 Å². The van der Waals surface area contributed by atoms with Crippen molar-refractivity contribution < 1.29 is 14.3 Å². The summed E-state index contributed by atoms with van der Waals surface area (Å²) in [6, 6.07) is 4.52. The number of methoxy groups -OCH3 is 1. The zero-order chi connectivity index (χ0) is 14.6. The highest BCUT2D eigenvalue weighted by Gasteiger charge is 2.27. The van der Waals surface area contributed by atoms with E-state index in [1.54, 1.807) is 13.8 Å². The van der Waals surface area contributed by atoms with Crippen molar-refractivity contribution in [3.8, 4) is 0 Å². The standard InChI is InChI=1S/C13H15Cl2NO3/c1-13(2,7-14)12(18)16-10-6-8(11(17)19-3)4-5-9(10)15/h4-6H,7H2,1-3H3,(H,16,18). The van der Waals surface area contributed by atoms with E-state index in [4.69, 9.17) is 23.2 Å². The van der Waals surface area contributed by atoms with Gasteiger partial charge in [-0.3, -0.25) is 4.79 Å². The van der Waals surface area contributed by atoms with Gasteiger partial charge in [-0.25, -0.2) is 4.79 Å². The van der Waals surface area contributed by atoms with Crippen molar-refractivity contribution in [2.45, 2.75) is 13.8 Å². The smallest absolute Gasteiger partial charge is 0.337 e. The molecule has 4 nitrogen and oxygen atoms in total. The van der Waals surface area contributed by atoms with Gasteiger partial charge in [-0.15, -0.1) is 11.6 Å². The molecule has 1 aromatic carbocycles. The van der Waals surface area contributed by atoms with Crippen LogP contribution in [0.5, 0.6) is 0 Å². The summed E-state index contributed by atoms with van der Waals surface area (Å²) in [5.41, 5.74) is -0.0646. The van der Waals surface area contributed by atoms with E-state index in [0.717, 1.165) is 0 Å². The Hall–Kier alpha value is -1.26. The largest absolute Gasteiger partial charge is 0.465 e. The summed E-state index contributed by atoms with van der Waals surface area (Å²) in [5, 5.41) is 3.00. The van der Waals surface area contributed by atoms with E-state index in [9.17, 15) is 9.59 Å². The lowest BCUT2D eigenvalue weighted by atomic mass is 9.95. The van der Waals surface area contributed by atoms with Gasteiger partial charge in [-0.2, -0.15) is 0 Å². The molecule has 0 spiro atoms. The Labute approximate surface area is 122 Å². The summed E-state index contributed by atoms with van der Waals surface area (Å²) < 4.78 is 4.61. The Morgan fingerprint density at radius 3 is 2.53 bits per heavy atom. The molecule has 0 aliphatic heterocycles. The van der Waals surface area contributed by atoms with Gasteiger partial charge in [0.1, 0.15) is 0 Å². The predicted molar refractivity (Wildman–Crippen MR) is 75.9 cm³/mol. The molecule has 104 valence electrons. The number of halogens is 2. The lowest BCUT2D eigenvalue weighted by Gasteiger charge is -2.21. The van der Waals surface area contributed by atoms with Crippen LogP contribution in [0.2, 0.25) is 5.02 Å². The first-order chi connectivity index (χ1) is 8.81. The molecule has 0 aliphatic carbocycles. The number of ether oxygens (including phenoxy) is 1. The van der Waals surface area contributed by atoms with Crippen LogP contribution in [0.1, 0.15) is 24.2 Å². The molecule has 0 saturated carbocycles. The van der Waals surface area contributed by atoms with Crippen molar-refractivity contribution in [3.63, 3.8) is 0 Å². The van der Waals surface area contributed by atoms with Crippen LogP contribution in [0.15, 0.2) is 18.2 Å². The third-order valence-corrected chi connectivity index (χ3v) is 3.58. The fourth-order valence-corrected chi connectivity index (χ4v) is 1.50. The molecule has 0 heterocycles. The van der Waals surface area contributed by atoms with Crippen LogP contribution in [-0.4, -0.2) is 24.9 Å². The number of benzene rings is 1. The SMILES string of the molecule is COC(=O)c1ccc(Cl)c(NC(=O)C(C)(C)CCl)c1. The average molecular weight is 304 g/mol. The minimum Gasteiger partial charge on any atom is -0.465 e. The molecule has 1 rings (SSSR count). The summed E-state index contributed by atoms with van der Waals surface area (Å²) in [6.45, 7) is 3.43. The van der Waals surface area contributed by atoms with Crippen LogP contribution in [0, 0.1) is 5.41 Å². The fraction of sp³-hybridized carbons (Fsp3) is 0.385. The van der Waals surface area contributed by atoms with Gasteiger partial charge < -0.3 is 10.1 Å². The Kier molecular flexibility index (Phi) is 5.20. The third-order valence-electron chi connectivity index (χ3n) is 2.58. The maximum atomic E-state index is 12.0. The lowest BCUT2D eigenvalue weighted by molar-refractivity contribution is -0.122. The van der Waals surface area contributed by atoms with Crippen molar-refractivity contribution >= 4 is 40.8 Å². The normalized spacial score (nSPS) is 11.0. The highest BCUT2D eigenvalue weighted by atomic mass is 35.5. The Morgan fingerprint density at radius 2 is 2.00 bits per heavy atom. The first-order valence-electron chi connectivity index (χ1n) is 5.57. The van der Waals surface area contributed by atoms with E-state index in [1.165, 1.54) is 25.3 Å². The second-order valence-electron chi connectivity index (χ2n) is 4.66. The minimum atomic E-state index is -0.730. The number of alkyl halides is 1. The number of carbonyl (C=O) groups is 2. The number of rotatable bonds is 4. The molecule has 0 radical (unpaired) electrons. The third kappa shape index (κ3) is 3.85. The highest BCUT2D eigenvalue weighted by molar-refractivity contribution is 6.34. The van der Waals surface area contributed by atoms with Crippen LogP contribution in [0.4, 0.5) is 5.69 Å². The number of amides is 1. The molecule has 1 N–H and O–H groups in total. The van der Waals surface area contributed by atoms with Gasteiger partial charge >= 0.3 is 5.97 Å². The number of esters is 1. The molecule has 0 bridgehead atoms. The van der Waals surface area contributed by atoms with Gasteiger partial charge in [0.15, 0.2) is 0 Å². The van der Waals surface area contributed by atoms with E-state index >= 15 is 0 Å². The molecule has 1 amide bonds. The van der Waals surface area contributed by atoms with Crippen LogP contribution < -0.4 is 5.32 Å². The zero-order valence-electron chi connectivity index (χ0n) is 10.9. The Balaban J connectivity index is 3.01. The summed E-state index contributed by atoms with van der Waals surface area (Å²) >= 11 is 11.7. The predicted octanol–water partition coefficient (Wildman–Crippen LogP) is 3.33. The van der Waals surface area contributed by atoms with Gasteiger partial charge in [-0.05, 0) is 32.0 Å². The first-order valence-corrected chi connectivity index (χ1v) is 6.48. The fourth-order valence-electron chi connectivity index (χ4n) is 1.22. The van der Waals surface area contributed by atoms with Crippen molar-refractivity contribution in [2.75, 3.05) is 18.3 Å². The van der Waals surface area contributed by atoms with Gasteiger partial charge in [0, 0.05) is 5.88 Å². The second-order valence-corrected chi connectivity index (χ2v) is 5.33. The molecule has 19 heavy (non-hydrogen) atoms. The molecule has 0 unspecified atom stereocenters. The van der Waals surface area contributed by atoms with E-state index < -0.39 is 11.4 Å². The van der Waals surface area contributed by atoms with Crippen LogP contribution in [0.25, 0.3) is 0 Å². The van der Waals surface area contributed by atoms with E-state index in [2.05, 4.69) is 10.1 Å². The maximum Gasteiger partial charge on any atom is 0.337 e. The topological polar surface area (TPSA) is 55.4 Å². The molecular formula is C13H15Cl2NO3. The van der Waals surface area contributed by atoms with Crippen molar-refractivity contribution in [1.82, 2.24) is 0 Å². The number of hydrogen-bond acceptors (Lipinski definition) is 3. The molecule has 1 aromatic rings. The Morgan fingerprint density at radius 1 is 1.37 bits per heavy atom. The van der Waals surface area contributed by atoms with Crippen LogP contribution in [-0.2, 0) is 9.53 Å². The van der Waals surface area contributed by atoms with Crippen molar-refractivity contribution in [1.29, 1.82) is 0 Å². The summed E-state index contributed by atoms with van der Waals surface area (Å²) in [4.78, 5) is 23.4. The molecular weight excluding hydrogens is 289 g/mol. The highest BCUT2D eigenvalue weighted by Crippen LogP contribution is 2.26. The van der Waals surface area contributed by atoms with Crippen LogP contribution in [0.3, 0.4) is 0 Å². The molecule has 0 aliphatic rings. The summed E-state index contributed by atoms with van der Waals surface area (Å²) in [7, 11) is 1.28. The molecule has 0 saturated heterocycles. The van der Waals surface area contributed by atoms with Gasteiger partial charge in [-0.1, -0.05) is 11.6 Å². The molecule has 6 heteroatoms. The molecule has 0 fully saturated rings. The monoisotopic (exact) mass is 303 g/mol. The number of hydrogen-bond donors (Lipinski definition) is 1. The molecule has 0 atom stereocenters. The number of nitrogens with one attached hydrogen (secondary N) is 1. The summed E-state index contributed by atoms with van der Waals surface area (Å²) in [6.07, 6.45) is 0. The number of anilines is 1. The van der Waals surface area contributed by atoms with E-state index in [0.29, 0.717) is 16.3 Å². The first kappa shape index (κ1) is 15.8. The van der Waals surface area contributed by atoms with Crippen LogP contribution >= 0.6 is 23.2 Å². The average Bonchev–Trinajstić information content (AvgIpc) is 2.40. The Bertz CT molecular complexity index is 501. The van der Waals surface area contributed by atoms with Gasteiger partial charge in [0.2, 0.25) is 5.91 Å². The second kappa shape index (κ2) is 6.26. The maximum absolute atomic E-state index is 12.0. The summed E-state index contributed by atoms with van der Waals surface area (Å²) in [5.74, 6) is -0.595. The van der Waals surface area contributed by atoms with E-state index in [-0.39, 0.29) is 11.8 Å². The quantitative estimate of drug-likeness (QED) is 0.685. The number of carbonyl (C=O) groups excluding carboxylic acids is 2.